The van der Waals surface area contributed by atoms with Crippen LogP contribution < -0.4 is 15.8 Å². The molecule has 0 heterocycles. The van der Waals surface area contributed by atoms with Crippen molar-refractivity contribution in [1.29, 1.82) is 0 Å². The van der Waals surface area contributed by atoms with Crippen molar-refractivity contribution in [2.45, 2.75) is 19.0 Å². The molecule has 1 saturated carbocycles. The highest BCUT2D eigenvalue weighted by Crippen LogP contribution is 2.33. The number of hydrogen-bond donors (Lipinski definition) is 2. The Balaban J connectivity index is 1.87. The van der Waals surface area contributed by atoms with Gasteiger partial charge in [0.25, 0.3) is 5.91 Å². The van der Waals surface area contributed by atoms with Crippen LogP contribution in [0.2, 0.25) is 0 Å². The third-order valence-corrected chi connectivity index (χ3v) is 2.98. The molecule has 0 atom stereocenters. The summed E-state index contributed by atoms with van der Waals surface area (Å²) < 4.78 is 42.4. The second kappa shape index (κ2) is 5.60. The van der Waals surface area contributed by atoms with Gasteiger partial charge in [0.1, 0.15) is 5.75 Å². The zero-order valence-corrected chi connectivity index (χ0v) is 10.7. The summed E-state index contributed by atoms with van der Waals surface area (Å²) >= 11 is 0. The average Bonchev–Trinajstić information content (AvgIpc) is 3.17. The summed E-state index contributed by atoms with van der Waals surface area (Å²) in [6.07, 6.45) is -2.21. The van der Waals surface area contributed by atoms with Crippen LogP contribution in [0.5, 0.6) is 5.75 Å². The monoisotopic (exact) mass is 288 g/mol. The van der Waals surface area contributed by atoms with Crippen molar-refractivity contribution in [2.24, 2.45) is 5.92 Å². The lowest BCUT2D eigenvalue weighted by molar-refractivity contribution is -0.137. The van der Waals surface area contributed by atoms with Crippen LogP contribution in [0, 0.1) is 5.92 Å². The number of hydrogen-bond acceptors (Lipinski definition) is 3. The molecule has 4 nitrogen and oxygen atoms in total. The number of carbonyl (C=O) groups excluding carboxylic acids is 1. The molecule has 1 amide bonds. The van der Waals surface area contributed by atoms with Gasteiger partial charge >= 0.3 is 6.18 Å². The number of carbonyl (C=O) groups is 1. The van der Waals surface area contributed by atoms with Crippen LogP contribution in [-0.4, -0.2) is 19.1 Å². The first-order chi connectivity index (χ1) is 9.36. The van der Waals surface area contributed by atoms with Gasteiger partial charge in [0.05, 0.1) is 11.3 Å². The number of alkyl halides is 3. The summed E-state index contributed by atoms with van der Waals surface area (Å²) in [7, 11) is 0. The molecule has 1 fully saturated rings. The summed E-state index contributed by atoms with van der Waals surface area (Å²) in [5.74, 6) is 0.311. The molecule has 0 unspecified atom stereocenters. The van der Waals surface area contributed by atoms with E-state index in [4.69, 9.17) is 10.5 Å². The molecule has 0 bridgehead atoms. The van der Waals surface area contributed by atoms with Gasteiger partial charge in [-0.25, -0.2) is 0 Å². The zero-order valence-electron chi connectivity index (χ0n) is 10.7. The summed E-state index contributed by atoms with van der Waals surface area (Å²) in [5.41, 5.74) is 4.49. The molecule has 1 aliphatic carbocycles. The largest absolute Gasteiger partial charge is 0.482 e. The lowest BCUT2D eigenvalue weighted by atomic mass is 10.2. The van der Waals surface area contributed by atoms with E-state index in [-0.39, 0.29) is 24.0 Å². The second-order valence-electron chi connectivity index (χ2n) is 4.79. The van der Waals surface area contributed by atoms with E-state index in [1.165, 1.54) is 0 Å². The molecule has 0 saturated heterocycles. The third-order valence-electron chi connectivity index (χ3n) is 2.98. The Morgan fingerprint density at radius 2 is 2.10 bits per heavy atom. The first-order valence-corrected chi connectivity index (χ1v) is 6.22. The van der Waals surface area contributed by atoms with Crippen molar-refractivity contribution >= 4 is 11.6 Å². The number of nitrogens with one attached hydrogen (secondary N) is 1. The van der Waals surface area contributed by atoms with E-state index in [0.717, 1.165) is 31.0 Å². The smallest absolute Gasteiger partial charge is 0.416 e. The maximum atomic E-state index is 12.4. The minimum atomic E-state index is -4.45. The summed E-state index contributed by atoms with van der Waals surface area (Å²) in [6, 6.07) is 2.78. The predicted octanol–water partition coefficient (Wildman–Crippen LogP) is 2.19. The maximum Gasteiger partial charge on any atom is 0.416 e. The minimum Gasteiger partial charge on any atom is -0.482 e. The van der Waals surface area contributed by atoms with Gasteiger partial charge < -0.3 is 15.8 Å². The quantitative estimate of drug-likeness (QED) is 0.816. The first kappa shape index (κ1) is 14.5. The van der Waals surface area contributed by atoms with E-state index in [2.05, 4.69) is 5.32 Å². The van der Waals surface area contributed by atoms with Crippen molar-refractivity contribution in [3.05, 3.63) is 23.8 Å². The van der Waals surface area contributed by atoms with Gasteiger partial charge in [-0.05, 0) is 37.0 Å². The van der Waals surface area contributed by atoms with Gasteiger partial charge in [-0.2, -0.15) is 13.2 Å². The highest BCUT2D eigenvalue weighted by atomic mass is 19.4. The Hall–Kier alpha value is -1.92. The summed E-state index contributed by atoms with van der Waals surface area (Å²) in [4.78, 5) is 11.4. The molecule has 1 aliphatic rings. The highest BCUT2D eigenvalue weighted by Gasteiger charge is 2.31. The Kier molecular flexibility index (Phi) is 4.06. The third kappa shape index (κ3) is 4.04. The molecule has 0 spiro atoms. The molecule has 0 aliphatic heterocycles. The van der Waals surface area contributed by atoms with E-state index in [1.807, 2.05) is 0 Å². The fourth-order valence-electron chi connectivity index (χ4n) is 1.63. The van der Waals surface area contributed by atoms with Crippen molar-refractivity contribution in [3.8, 4) is 5.75 Å². The van der Waals surface area contributed by atoms with Crippen LogP contribution in [0.15, 0.2) is 18.2 Å². The summed E-state index contributed by atoms with van der Waals surface area (Å²) in [5, 5.41) is 2.69. The van der Waals surface area contributed by atoms with E-state index < -0.39 is 11.7 Å². The number of benzene rings is 1. The van der Waals surface area contributed by atoms with Crippen molar-refractivity contribution < 1.29 is 22.7 Å². The molecular formula is C13H15F3N2O2. The van der Waals surface area contributed by atoms with Gasteiger partial charge in [0, 0.05) is 6.54 Å². The number of nitrogens with two attached hydrogens (primary N) is 1. The SMILES string of the molecule is Nc1cc(C(F)(F)F)ccc1OCC(=O)NCC1CC1. The predicted molar refractivity (Wildman–Crippen MR) is 67.1 cm³/mol. The second-order valence-corrected chi connectivity index (χ2v) is 4.79. The van der Waals surface area contributed by atoms with Crippen molar-refractivity contribution in [2.75, 3.05) is 18.9 Å². The lowest BCUT2D eigenvalue weighted by Gasteiger charge is -2.12. The van der Waals surface area contributed by atoms with Crippen LogP contribution >= 0.6 is 0 Å². The fraction of sp³-hybridized carbons (Fsp3) is 0.462. The van der Waals surface area contributed by atoms with Crippen LogP contribution in [0.4, 0.5) is 18.9 Å². The Labute approximate surface area is 114 Å². The lowest BCUT2D eigenvalue weighted by Crippen LogP contribution is -2.30. The molecule has 2 rings (SSSR count). The molecule has 3 N–H and O–H groups in total. The average molecular weight is 288 g/mol. The maximum absolute atomic E-state index is 12.4. The number of halogens is 3. The van der Waals surface area contributed by atoms with E-state index >= 15 is 0 Å². The molecule has 1 aromatic rings. The number of ether oxygens (including phenoxy) is 1. The van der Waals surface area contributed by atoms with Gasteiger partial charge in [0.15, 0.2) is 6.61 Å². The normalized spacial score (nSPS) is 14.9. The van der Waals surface area contributed by atoms with Crippen molar-refractivity contribution in [3.63, 3.8) is 0 Å². The number of anilines is 1. The van der Waals surface area contributed by atoms with Gasteiger partial charge in [-0.3, -0.25) is 4.79 Å². The molecular weight excluding hydrogens is 273 g/mol. The molecule has 1 aromatic carbocycles. The Morgan fingerprint density at radius 1 is 1.40 bits per heavy atom. The molecule has 7 heteroatoms. The molecule has 0 aromatic heterocycles. The first-order valence-electron chi connectivity index (χ1n) is 6.22. The fourth-order valence-corrected chi connectivity index (χ4v) is 1.63. The van der Waals surface area contributed by atoms with Crippen molar-refractivity contribution in [1.82, 2.24) is 5.32 Å². The minimum absolute atomic E-state index is 0.0690. The van der Waals surface area contributed by atoms with Crippen LogP contribution in [0.3, 0.4) is 0 Å². The number of nitrogen functional groups attached to an aromatic ring is 1. The van der Waals surface area contributed by atoms with Crippen LogP contribution in [0.25, 0.3) is 0 Å². The topological polar surface area (TPSA) is 64.3 Å². The van der Waals surface area contributed by atoms with E-state index in [9.17, 15) is 18.0 Å². The highest BCUT2D eigenvalue weighted by molar-refractivity contribution is 5.77. The van der Waals surface area contributed by atoms with E-state index in [0.29, 0.717) is 12.5 Å². The molecule has 0 radical (unpaired) electrons. The van der Waals surface area contributed by atoms with Crippen LogP contribution in [0.1, 0.15) is 18.4 Å². The van der Waals surface area contributed by atoms with E-state index in [1.54, 1.807) is 0 Å². The van der Waals surface area contributed by atoms with Gasteiger partial charge in [0.2, 0.25) is 0 Å². The molecule has 110 valence electrons. The molecule has 20 heavy (non-hydrogen) atoms. The number of amides is 1. The zero-order chi connectivity index (χ0) is 14.8. The number of rotatable bonds is 5. The Morgan fingerprint density at radius 3 is 2.65 bits per heavy atom. The summed E-state index contributed by atoms with van der Waals surface area (Å²) in [6.45, 7) is 0.354. The Bertz CT molecular complexity index is 499. The van der Waals surface area contributed by atoms with Gasteiger partial charge in [-0.15, -0.1) is 0 Å². The van der Waals surface area contributed by atoms with Gasteiger partial charge in [-0.1, -0.05) is 0 Å². The van der Waals surface area contributed by atoms with Crippen LogP contribution in [-0.2, 0) is 11.0 Å². The standard InChI is InChI=1S/C13H15F3N2O2/c14-13(15,16)9-3-4-11(10(17)5-9)20-7-12(19)18-6-8-1-2-8/h3-5,8H,1-2,6-7,17H2,(H,18,19).